The van der Waals surface area contributed by atoms with Gasteiger partial charge in [0.2, 0.25) is 0 Å². The van der Waals surface area contributed by atoms with Gasteiger partial charge in [0.15, 0.2) is 0 Å². The summed E-state index contributed by atoms with van der Waals surface area (Å²) in [6, 6.07) is 15.4. The van der Waals surface area contributed by atoms with E-state index in [1.165, 1.54) is 18.3 Å². The van der Waals surface area contributed by atoms with Crippen LogP contribution in [0.3, 0.4) is 0 Å². The quantitative estimate of drug-likeness (QED) is 0.743. The van der Waals surface area contributed by atoms with E-state index in [4.69, 9.17) is 4.84 Å². The molecule has 1 aromatic heterocycles. The molecule has 0 radical (unpaired) electrons. The Morgan fingerprint density at radius 3 is 2.16 bits per heavy atom. The van der Waals surface area contributed by atoms with Crippen molar-refractivity contribution in [2.45, 2.75) is 0 Å². The Kier molecular flexibility index (Phi) is 3.39. The highest BCUT2D eigenvalue weighted by atomic mass is 16.7. The minimum atomic E-state index is -0.845. The van der Waals surface area contributed by atoms with E-state index >= 15 is 0 Å². The lowest BCUT2D eigenvalue weighted by Gasteiger charge is -2.12. The molecule has 0 fully saturated rings. The van der Waals surface area contributed by atoms with Gasteiger partial charge in [0.05, 0.1) is 23.0 Å². The molecule has 1 aliphatic heterocycles. The molecule has 2 amide bonds. The lowest BCUT2D eigenvalue weighted by atomic mass is 10.1. The fourth-order valence-electron chi connectivity index (χ4n) is 2.65. The number of hydrogen-bond acceptors (Lipinski definition) is 5. The van der Waals surface area contributed by atoms with Crippen LogP contribution in [0.5, 0.6) is 0 Å². The number of benzene rings is 2. The summed E-state index contributed by atoms with van der Waals surface area (Å²) in [5.41, 5.74) is 1.71. The standard InChI is InChI=1S/C18H11N3O4/c22-16-12-8-4-5-9-13(12)17(23)21(16)25-18(24)14-10-19-20-15(14)11-6-2-1-3-7-11/h1-10H,(H,19,20). The fraction of sp³-hybridized carbons (Fsp3) is 0. The van der Waals surface area contributed by atoms with E-state index in [-0.39, 0.29) is 16.7 Å². The number of fused-ring (bicyclic) bond motifs is 1. The molecule has 3 aromatic rings. The summed E-state index contributed by atoms with van der Waals surface area (Å²) in [7, 11) is 0. The Morgan fingerprint density at radius 2 is 1.52 bits per heavy atom. The molecule has 0 spiro atoms. The molecule has 0 atom stereocenters. The van der Waals surface area contributed by atoms with Crippen LogP contribution >= 0.6 is 0 Å². The van der Waals surface area contributed by atoms with E-state index in [2.05, 4.69) is 10.2 Å². The van der Waals surface area contributed by atoms with Gasteiger partial charge in [-0.1, -0.05) is 47.5 Å². The number of rotatable bonds is 3. The van der Waals surface area contributed by atoms with Gasteiger partial charge in [-0.2, -0.15) is 5.10 Å². The zero-order valence-electron chi connectivity index (χ0n) is 12.8. The summed E-state index contributed by atoms with van der Waals surface area (Å²) in [5.74, 6) is -2.18. The molecule has 0 saturated carbocycles. The number of aromatic nitrogens is 2. The van der Waals surface area contributed by atoms with Crippen LogP contribution in [-0.2, 0) is 4.84 Å². The molecule has 25 heavy (non-hydrogen) atoms. The van der Waals surface area contributed by atoms with Crippen molar-refractivity contribution in [3.63, 3.8) is 0 Å². The van der Waals surface area contributed by atoms with Gasteiger partial charge >= 0.3 is 5.97 Å². The summed E-state index contributed by atoms with van der Waals surface area (Å²) in [6.07, 6.45) is 1.29. The lowest BCUT2D eigenvalue weighted by Crippen LogP contribution is -2.32. The third kappa shape index (κ3) is 2.38. The summed E-state index contributed by atoms with van der Waals surface area (Å²) in [5, 5.41) is 7.07. The number of H-pyrrole nitrogens is 1. The zero-order chi connectivity index (χ0) is 17.4. The summed E-state index contributed by atoms with van der Waals surface area (Å²) in [4.78, 5) is 42.1. The van der Waals surface area contributed by atoms with Crippen LogP contribution < -0.4 is 0 Å². The number of amides is 2. The van der Waals surface area contributed by atoms with Crippen molar-refractivity contribution in [3.8, 4) is 11.3 Å². The van der Waals surface area contributed by atoms with Gasteiger partial charge in [-0.3, -0.25) is 14.7 Å². The van der Waals surface area contributed by atoms with Crippen molar-refractivity contribution in [2.75, 3.05) is 0 Å². The second kappa shape index (κ2) is 5.72. The summed E-state index contributed by atoms with van der Waals surface area (Å²) in [6.45, 7) is 0. The number of nitrogens with zero attached hydrogens (tertiary/aromatic N) is 2. The van der Waals surface area contributed by atoms with Crippen LogP contribution in [0.1, 0.15) is 31.1 Å². The largest absolute Gasteiger partial charge is 0.367 e. The average molecular weight is 333 g/mol. The minimum Gasteiger partial charge on any atom is -0.324 e. The number of carbonyl (C=O) groups excluding carboxylic acids is 3. The highest BCUT2D eigenvalue weighted by molar-refractivity contribution is 6.21. The van der Waals surface area contributed by atoms with Crippen LogP contribution in [0.2, 0.25) is 0 Å². The Balaban J connectivity index is 1.62. The SMILES string of the molecule is O=C(ON1C(=O)c2ccccc2C1=O)c1cn[nH]c1-c1ccccc1. The van der Waals surface area contributed by atoms with Gasteiger partial charge in [-0.05, 0) is 12.1 Å². The first-order valence-electron chi connectivity index (χ1n) is 7.45. The molecule has 122 valence electrons. The van der Waals surface area contributed by atoms with Crippen LogP contribution in [0.25, 0.3) is 11.3 Å². The molecular formula is C18H11N3O4. The van der Waals surface area contributed by atoms with Crippen LogP contribution in [0, 0.1) is 0 Å². The lowest BCUT2D eigenvalue weighted by molar-refractivity contribution is -0.0584. The molecule has 0 saturated heterocycles. The maximum atomic E-state index is 12.5. The predicted molar refractivity (Wildman–Crippen MR) is 86.4 cm³/mol. The first-order valence-corrected chi connectivity index (χ1v) is 7.45. The van der Waals surface area contributed by atoms with Gasteiger partial charge in [0.25, 0.3) is 11.8 Å². The molecule has 1 aliphatic rings. The topological polar surface area (TPSA) is 92.4 Å². The molecule has 0 bridgehead atoms. The minimum absolute atomic E-state index is 0.128. The predicted octanol–water partition coefficient (Wildman–Crippen LogP) is 2.44. The molecule has 7 nitrogen and oxygen atoms in total. The van der Waals surface area contributed by atoms with Crippen molar-refractivity contribution in [1.29, 1.82) is 0 Å². The number of hydrogen-bond donors (Lipinski definition) is 1. The Bertz CT molecular complexity index is 959. The molecular weight excluding hydrogens is 322 g/mol. The molecule has 2 aromatic carbocycles. The second-order valence-electron chi connectivity index (χ2n) is 5.35. The third-order valence-electron chi connectivity index (χ3n) is 3.85. The smallest absolute Gasteiger partial charge is 0.324 e. The normalized spacial score (nSPS) is 13.0. The highest BCUT2D eigenvalue weighted by Crippen LogP contribution is 2.25. The monoisotopic (exact) mass is 333 g/mol. The Labute approximate surface area is 141 Å². The van der Waals surface area contributed by atoms with Crippen molar-refractivity contribution in [1.82, 2.24) is 15.3 Å². The maximum Gasteiger partial charge on any atom is 0.367 e. The van der Waals surface area contributed by atoms with Crippen molar-refractivity contribution in [2.24, 2.45) is 0 Å². The second-order valence-corrected chi connectivity index (χ2v) is 5.35. The Hall–Kier alpha value is -3.74. The van der Waals surface area contributed by atoms with Crippen molar-refractivity contribution < 1.29 is 19.2 Å². The van der Waals surface area contributed by atoms with Crippen molar-refractivity contribution >= 4 is 17.8 Å². The van der Waals surface area contributed by atoms with Gasteiger partial charge in [-0.25, -0.2) is 4.79 Å². The van der Waals surface area contributed by atoms with Crippen LogP contribution in [-0.4, -0.2) is 33.0 Å². The molecule has 0 unspecified atom stereocenters. The first kappa shape index (κ1) is 14.8. The average Bonchev–Trinajstić information content (AvgIpc) is 3.23. The number of carbonyl (C=O) groups is 3. The molecule has 0 aliphatic carbocycles. The van der Waals surface area contributed by atoms with E-state index in [9.17, 15) is 14.4 Å². The van der Waals surface area contributed by atoms with Crippen LogP contribution in [0.15, 0.2) is 60.8 Å². The maximum absolute atomic E-state index is 12.5. The van der Waals surface area contributed by atoms with E-state index in [0.717, 1.165) is 5.56 Å². The van der Waals surface area contributed by atoms with Gasteiger partial charge in [-0.15, -0.1) is 0 Å². The van der Waals surface area contributed by atoms with Crippen LogP contribution in [0.4, 0.5) is 0 Å². The number of nitrogens with one attached hydrogen (secondary N) is 1. The zero-order valence-corrected chi connectivity index (χ0v) is 12.8. The number of hydroxylamine groups is 2. The molecule has 7 heteroatoms. The van der Waals surface area contributed by atoms with Gasteiger partial charge in [0.1, 0.15) is 5.56 Å². The third-order valence-corrected chi connectivity index (χ3v) is 3.85. The van der Waals surface area contributed by atoms with E-state index < -0.39 is 17.8 Å². The molecule has 2 heterocycles. The number of aromatic amines is 1. The first-order chi connectivity index (χ1) is 12.2. The summed E-state index contributed by atoms with van der Waals surface area (Å²) < 4.78 is 0. The summed E-state index contributed by atoms with van der Waals surface area (Å²) >= 11 is 0. The molecule has 4 rings (SSSR count). The number of imide groups is 1. The highest BCUT2D eigenvalue weighted by Gasteiger charge is 2.39. The fourth-order valence-corrected chi connectivity index (χ4v) is 2.65. The van der Waals surface area contributed by atoms with E-state index in [0.29, 0.717) is 10.8 Å². The van der Waals surface area contributed by atoms with E-state index in [1.54, 1.807) is 24.3 Å². The van der Waals surface area contributed by atoms with Crippen molar-refractivity contribution in [3.05, 3.63) is 77.5 Å². The Morgan fingerprint density at radius 1 is 0.920 bits per heavy atom. The van der Waals surface area contributed by atoms with E-state index in [1.807, 2.05) is 18.2 Å². The molecule has 1 N–H and O–H groups in total. The van der Waals surface area contributed by atoms with Gasteiger partial charge in [0, 0.05) is 5.56 Å². The van der Waals surface area contributed by atoms with Gasteiger partial charge < -0.3 is 4.84 Å².